The lowest BCUT2D eigenvalue weighted by Gasteiger charge is -2.30. The van der Waals surface area contributed by atoms with Gasteiger partial charge in [-0.05, 0) is 19.4 Å². The summed E-state index contributed by atoms with van der Waals surface area (Å²) < 4.78 is 5.54. The predicted molar refractivity (Wildman–Crippen MR) is 81.1 cm³/mol. The van der Waals surface area contributed by atoms with Crippen molar-refractivity contribution in [2.45, 2.75) is 38.8 Å². The van der Waals surface area contributed by atoms with Crippen molar-refractivity contribution in [2.75, 3.05) is 33.2 Å². The largest absolute Gasteiger partial charge is 0.337 e. The highest BCUT2D eigenvalue weighted by atomic mass is 16.5. The lowest BCUT2D eigenvalue weighted by Crippen LogP contribution is -2.44. The maximum Gasteiger partial charge on any atom is 0.249 e. The van der Waals surface area contributed by atoms with Gasteiger partial charge >= 0.3 is 0 Å². The van der Waals surface area contributed by atoms with Crippen molar-refractivity contribution in [1.29, 1.82) is 0 Å². The number of hydrogen-bond donors (Lipinski definition) is 1. The lowest BCUT2D eigenvalue weighted by molar-refractivity contribution is -0.131. The van der Waals surface area contributed by atoms with Crippen molar-refractivity contribution in [3.05, 3.63) is 11.7 Å². The summed E-state index contributed by atoms with van der Waals surface area (Å²) in [5.41, 5.74) is 0. The van der Waals surface area contributed by atoms with Crippen LogP contribution in [0.25, 0.3) is 0 Å². The van der Waals surface area contributed by atoms with Crippen LogP contribution in [0.4, 0.5) is 0 Å². The number of piperazine rings is 1. The summed E-state index contributed by atoms with van der Waals surface area (Å²) in [4.78, 5) is 20.8. The maximum absolute atomic E-state index is 12.1. The molecule has 122 valence electrons. The standard InChI is InChI=1S/C15H25N5O2/c1-10(2)13(20-7-4-5-12(20)21)15-17-14(18-22-15)11-9-16-6-8-19(11)3/h10-11,13,16H,4-9H2,1-3H3. The molecule has 7 heteroatoms. The minimum atomic E-state index is -0.113. The van der Waals surface area contributed by atoms with Gasteiger partial charge in [-0.25, -0.2) is 0 Å². The maximum atomic E-state index is 12.1. The molecule has 1 N–H and O–H groups in total. The fourth-order valence-electron chi connectivity index (χ4n) is 3.34. The van der Waals surface area contributed by atoms with E-state index in [0.717, 1.165) is 32.6 Å². The monoisotopic (exact) mass is 307 g/mol. The summed E-state index contributed by atoms with van der Waals surface area (Å²) in [5.74, 6) is 1.72. The van der Waals surface area contributed by atoms with Crippen LogP contribution in [0, 0.1) is 5.92 Å². The number of likely N-dealkylation sites (N-methyl/N-ethyl adjacent to an activating group) is 1. The molecule has 22 heavy (non-hydrogen) atoms. The molecule has 2 saturated heterocycles. The first-order valence-corrected chi connectivity index (χ1v) is 8.12. The van der Waals surface area contributed by atoms with E-state index in [1.165, 1.54) is 0 Å². The quantitative estimate of drug-likeness (QED) is 0.893. The normalized spacial score (nSPS) is 25.2. The molecule has 1 aromatic rings. The van der Waals surface area contributed by atoms with E-state index >= 15 is 0 Å². The molecule has 2 unspecified atom stereocenters. The molecule has 0 bridgehead atoms. The van der Waals surface area contributed by atoms with Gasteiger partial charge in [0.2, 0.25) is 11.8 Å². The van der Waals surface area contributed by atoms with Gasteiger partial charge in [0.15, 0.2) is 5.82 Å². The SMILES string of the molecule is CC(C)C(c1nc(C2CNCCN2C)no1)N1CCCC1=O. The van der Waals surface area contributed by atoms with E-state index in [2.05, 4.69) is 41.3 Å². The average molecular weight is 307 g/mol. The number of amides is 1. The molecule has 3 heterocycles. The zero-order valence-electron chi connectivity index (χ0n) is 13.6. The van der Waals surface area contributed by atoms with Gasteiger partial charge in [-0.2, -0.15) is 4.98 Å². The fraction of sp³-hybridized carbons (Fsp3) is 0.800. The number of carbonyl (C=O) groups excluding carboxylic acids is 1. The highest BCUT2D eigenvalue weighted by Crippen LogP contribution is 2.32. The van der Waals surface area contributed by atoms with Gasteiger partial charge in [0, 0.05) is 32.6 Å². The molecule has 1 aromatic heterocycles. The van der Waals surface area contributed by atoms with Gasteiger partial charge in [0.25, 0.3) is 0 Å². The van der Waals surface area contributed by atoms with E-state index in [4.69, 9.17) is 4.52 Å². The summed E-state index contributed by atoms with van der Waals surface area (Å²) in [5, 5.41) is 7.54. The van der Waals surface area contributed by atoms with Gasteiger partial charge in [0.1, 0.15) is 6.04 Å². The lowest BCUT2D eigenvalue weighted by atomic mass is 10.0. The average Bonchev–Trinajstić information content (AvgIpc) is 3.10. The molecule has 0 spiro atoms. The summed E-state index contributed by atoms with van der Waals surface area (Å²) in [6.07, 6.45) is 1.54. The zero-order chi connectivity index (χ0) is 15.7. The van der Waals surface area contributed by atoms with Gasteiger partial charge in [-0.15, -0.1) is 0 Å². The molecule has 2 atom stereocenters. The molecule has 3 rings (SSSR count). The molecule has 1 amide bonds. The highest BCUT2D eigenvalue weighted by Gasteiger charge is 2.36. The Bertz CT molecular complexity index is 530. The van der Waals surface area contributed by atoms with Crippen LogP contribution in [0.15, 0.2) is 4.52 Å². The first-order valence-electron chi connectivity index (χ1n) is 8.12. The smallest absolute Gasteiger partial charge is 0.249 e. The van der Waals surface area contributed by atoms with Gasteiger partial charge in [-0.1, -0.05) is 19.0 Å². The van der Waals surface area contributed by atoms with Crippen molar-refractivity contribution >= 4 is 5.91 Å². The summed E-state index contributed by atoms with van der Waals surface area (Å²) in [6.45, 7) is 7.74. The first-order chi connectivity index (χ1) is 10.6. The highest BCUT2D eigenvalue weighted by molar-refractivity contribution is 5.78. The molecular formula is C15H25N5O2. The van der Waals surface area contributed by atoms with Crippen molar-refractivity contribution < 1.29 is 9.32 Å². The van der Waals surface area contributed by atoms with Crippen molar-refractivity contribution in [2.24, 2.45) is 5.92 Å². The van der Waals surface area contributed by atoms with Crippen molar-refractivity contribution in [3.63, 3.8) is 0 Å². The Kier molecular flexibility index (Phi) is 4.44. The van der Waals surface area contributed by atoms with Crippen molar-refractivity contribution in [3.8, 4) is 0 Å². The Hall–Kier alpha value is -1.47. The van der Waals surface area contributed by atoms with Gasteiger partial charge in [0.05, 0.1) is 6.04 Å². The second kappa shape index (κ2) is 6.34. The van der Waals surface area contributed by atoms with Crippen LogP contribution >= 0.6 is 0 Å². The third-order valence-electron chi connectivity index (χ3n) is 4.60. The minimum Gasteiger partial charge on any atom is -0.337 e. The van der Waals surface area contributed by atoms with Crippen LogP contribution in [0.5, 0.6) is 0 Å². The number of hydrogen-bond acceptors (Lipinski definition) is 6. The minimum absolute atomic E-state index is 0.113. The molecular weight excluding hydrogens is 282 g/mol. The third-order valence-corrected chi connectivity index (χ3v) is 4.60. The van der Waals surface area contributed by atoms with Gasteiger partial charge in [-0.3, -0.25) is 9.69 Å². The van der Waals surface area contributed by atoms with Crippen LogP contribution in [-0.2, 0) is 4.79 Å². The second-order valence-corrected chi connectivity index (χ2v) is 6.57. The van der Waals surface area contributed by atoms with E-state index in [-0.39, 0.29) is 23.9 Å². The van der Waals surface area contributed by atoms with Crippen LogP contribution in [-0.4, -0.2) is 59.1 Å². The van der Waals surface area contributed by atoms with E-state index in [1.807, 2.05) is 4.90 Å². The predicted octanol–water partition coefficient (Wildman–Crippen LogP) is 0.965. The number of nitrogens with zero attached hydrogens (tertiary/aromatic N) is 4. The van der Waals surface area contributed by atoms with Gasteiger partial charge < -0.3 is 14.7 Å². The van der Waals surface area contributed by atoms with Crippen LogP contribution in [0.2, 0.25) is 0 Å². The zero-order valence-corrected chi connectivity index (χ0v) is 13.6. The molecule has 7 nitrogen and oxygen atoms in total. The Morgan fingerprint density at radius 1 is 1.36 bits per heavy atom. The molecule has 0 aromatic carbocycles. The molecule has 2 aliphatic rings. The number of nitrogens with one attached hydrogen (secondary N) is 1. The summed E-state index contributed by atoms with van der Waals surface area (Å²) in [7, 11) is 2.07. The molecule has 0 aliphatic carbocycles. The second-order valence-electron chi connectivity index (χ2n) is 6.57. The third kappa shape index (κ3) is 2.87. The van der Waals surface area contributed by atoms with E-state index < -0.39 is 0 Å². The summed E-state index contributed by atoms with van der Waals surface area (Å²) >= 11 is 0. The first kappa shape index (κ1) is 15.4. The number of likely N-dealkylation sites (tertiary alicyclic amines) is 1. The molecule has 0 saturated carbocycles. The van der Waals surface area contributed by atoms with E-state index in [9.17, 15) is 4.79 Å². The van der Waals surface area contributed by atoms with E-state index in [0.29, 0.717) is 18.1 Å². The number of aromatic nitrogens is 2. The molecule has 2 aliphatic heterocycles. The number of carbonyl (C=O) groups is 1. The van der Waals surface area contributed by atoms with E-state index in [1.54, 1.807) is 0 Å². The Labute approximate surface area is 131 Å². The fourth-order valence-corrected chi connectivity index (χ4v) is 3.34. The Morgan fingerprint density at radius 3 is 2.82 bits per heavy atom. The Balaban J connectivity index is 1.82. The van der Waals surface area contributed by atoms with Crippen molar-refractivity contribution in [1.82, 2.24) is 25.3 Å². The van der Waals surface area contributed by atoms with Crippen LogP contribution in [0.3, 0.4) is 0 Å². The molecule has 0 radical (unpaired) electrons. The topological polar surface area (TPSA) is 74.5 Å². The summed E-state index contributed by atoms with van der Waals surface area (Å²) in [6, 6.07) is 0.0199. The van der Waals surface area contributed by atoms with Crippen LogP contribution < -0.4 is 5.32 Å². The number of rotatable bonds is 4. The van der Waals surface area contributed by atoms with Crippen LogP contribution in [0.1, 0.15) is 50.5 Å². The Morgan fingerprint density at radius 2 is 2.18 bits per heavy atom. The molecule has 2 fully saturated rings.